The minimum atomic E-state index is -0.0116. The summed E-state index contributed by atoms with van der Waals surface area (Å²) in [7, 11) is 2.29. The molecular formula is C54H54N4. The van der Waals surface area contributed by atoms with Gasteiger partial charge in [0.2, 0.25) is 0 Å². The van der Waals surface area contributed by atoms with Crippen molar-refractivity contribution in [2.75, 3.05) is 16.8 Å². The van der Waals surface area contributed by atoms with Gasteiger partial charge in [0.1, 0.15) is 6.17 Å². The zero-order chi connectivity index (χ0) is 38.7. The fourth-order valence-electron chi connectivity index (χ4n) is 11.2. The van der Waals surface area contributed by atoms with Crippen molar-refractivity contribution in [3.63, 3.8) is 0 Å². The van der Waals surface area contributed by atoms with Crippen molar-refractivity contribution in [1.82, 2.24) is 10.2 Å². The van der Waals surface area contributed by atoms with Crippen LogP contribution in [-0.2, 0) is 0 Å². The molecule has 8 atom stereocenters. The van der Waals surface area contributed by atoms with E-state index in [2.05, 4.69) is 198 Å². The number of nitrogens with one attached hydrogen (secondary N) is 1. The van der Waals surface area contributed by atoms with Gasteiger partial charge in [-0.3, -0.25) is 5.32 Å². The number of hydrogen-bond acceptors (Lipinski definition) is 4. The number of para-hydroxylation sites is 1. The molecule has 8 unspecified atom stereocenters. The molecule has 58 heavy (non-hydrogen) atoms. The van der Waals surface area contributed by atoms with Crippen molar-refractivity contribution in [3.05, 3.63) is 203 Å². The molecule has 0 aromatic heterocycles. The molecule has 3 aliphatic heterocycles. The molecule has 0 radical (unpaired) electrons. The van der Waals surface area contributed by atoms with Crippen LogP contribution < -0.4 is 15.1 Å². The summed E-state index contributed by atoms with van der Waals surface area (Å²) >= 11 is 0. The lowest BCUT2D eigenvalue weighted by Gasteiger charge is -2.43. The number of allylic oxidation sites excluding steroid dienone is 12. The Morgan fingerprint density at radius 3 is 2.36 bits per heavy atom. The van der Waals surface area contributed by atoms with Crippen LogP contribution in [0, 0.1) is 11.8 Å². The highest BCUT2D eigenvalue weighted by molar-refractivity contribution is 5.79. The molecule has 3 heterocycles. The lowest BCUT2D eigenvalue weighted by molar-refractivity contribution is 0.278. The Labute approximate surface area is 345 Å². The summed E-state index contributed by atoms with van der Waals surface area (Å²) < 4.78 is 0. The highest BCUT2D eigenvalue weighted by atomic mass is 15.3. The number of benzene rings is 3. The summed E-state index contributed by atoms with van der Waals surface area (Å²) in [5, 5.41) is 4.25. The highest BCUT2D eigenvalue weighted by Gasteiger charge is 2.42. The van der Waals surface area contributed by atoms with Crippen LogP contribution in [0.15, 0.2) is 181 Å². The predicted octanol–water partition coefficient (Wildman–Crippen LogP) is 12.2. The van der Waals surface area contributed by atoms with Crippen molar-refractivity contribution in [1.29, 1.82) is 0 Å². The van der Waals surface area contributed by atoms with Crippen LogP contribution in [0.2, 0.25) is 0 Å². The van der Waals surface area contributed by atoms with E-state index in [-0.39, 0.29) is 24.3 Å². The molecule has 3 aromatic carbocycles. The van der Waals surface area contributed by atoms with Gasteiger partial charge in [-0.15, -0.1) is 0 Å². The topological polar surface area (TPSA) is 21.8 Å². The minimum Gasteiger partial charge on any atom is -0.355 e. The van der Waals surface area contributed by atoms with E-state index in [1.807, 2.05) is 0 Å². The summed E-state index contributed by atoms with van der Waals surface area (Å²) in [6.07, 6.45) is 44.6. The number of fused-ring (bicyclic) bond motifs is 5. The Kier molecular flexibility index (Phi) is 8.99. The SMILES string of the molecule is CC1CC=CC=C1C1NC(c2cc(N3C4=C(C=CCC4)C4C=CC=CC43)cc(N3c4ccccc4C4C=CC=CC43)c2)C=C(c2cccc(C3C=CCCC3)c2)N1C. The smallest absolute Gasteiger partial charge is 0.103 e. The van der Waals surface area contributed by atoms with Crippen LogP contribution in [-0.4, -0.2) is 30.2 Å². The first-order chi connectivity index (χ1) is 28.6. The molecule has 5 aliphatic carbocycles. The molecule has 0 spiro atoms. The minimum absolute atomic E-state index is 0.0116. The molecule has 8 aliphatic rings. The van der Waals surface area contributed by atoms with Gasteiger partial charge in [0.15, 0.2) is 0 Å². The highest BCUT2D eigenvalue weighted by Crippen LogP contribution is 2.51. The van der Waals surface area contributed by atoms with E-state index in [1.165, 1.54) is 81.1 Å². The molecule has 3 aromatic rings. The normalized spacial score (nSPS) is 30.3. The summed E-state index contributed by atoms with van der Waals surface area (Å²) in [5.41, 5.74) is 15.0. The Balaban J connectivity index is 1.09. The summed E-state index contributed by atoms with van der Waals surface area (Å²) in [4.78, 5) is 7.83. The fraction of sp³-hybridized carbons (Fsp3) is 0.296. The Morgan fingerprint density at radius 1 is 0.707 bits per heavy atom. The van der Waals surface area contributed by atoms with E-state index in [4.69, 9.17) is 0 Å². The molecule has 290 valence electrons. The summed E-state index contributed by atoms with van der Waals surface area (Å²) in [6, 6.07) is 26.5. The Hall–Kier alpha value is -5.58. The van der Waals surface area contributed by atoms with Gasteiger partial charge in [-0.2, -0.15) is 0 Å². The summed E-state index contributed by atoms with van der Waals surface area (Å²) in [6.45, 7) is 2.39. The van der Waals surface area contributed by atoms with Crippen molar-refractivity contribution in [2.45, 2.75) is 81.6 Å². The maximum Gasteiger partial charge on any atom is 0.103 e. The second-order valence-corrected chi connectivity index (χ2v) is 17.5. The van der Waals surface area contributed by atoms with E-state index >= 15 is 0 Å². The van der Waals surface area contributed by atoms with Gasteiger partial charge in [-0.05, 0) is 114 Å². The molecular weight excluding hydrogens is 705 g/mol. The average molecular weight is 759 g/mol. The first-order valence-electron chi connectivity index (χ1n) is 21.9. The maximum absolute atomic E-state index is 4.25. The number of rotatable bonds is 6. The quantitative estimate of drug-likeness (QED) is 0.253. The van der Waals surface area contributed by atoms with Gasteiger partial charge in [-0.25, -0.2) is 0 Å². The van der Waals surface area contributed by atoms with Crippen LogP contribution in [0.4, 0.5) is 17.1 Å². The number of hydrogen-bond donors (Lipinski definition) is 1. The van der Waals surface area contributed by atoms with Crippen LogP contribution in [0.3, 0.4) is 0 Å². The van der Waals surface area contributed by atoms with Gasteiger partial charge in [0.25, 0.3) is 0 Å². The van der Waals surface area contributed by atoms with Crippen molar-refractivity contribution >= 4 is 22.8 Å². The molecule has 1 N–H and O–H groups in total. The zero-order valence-corrected chi connectivity index (χ0v) is 33.8. The van der Waals surface area contributed by atoms with Crippen molar-refractivity contribution < 1.29 is 0 Å². The molecule has 0 amide bonds. The van der Waals surface area contributed by atoms with Crippen molar-refractivity contribution in [2.24, 2.45) is 11.8 Å². The van der Waals surface area contributed by atoms with Gasteiger partial charge in [0, 0.05) is 53.3 Å². The Morgan fingerprint density at radius 2 is 1.52 bits per heavy atom. The fourth-order valence-corrected chi connectivity index (χ4v) is 11.2. The monoisotopic (exact) mass is 758 g/mol. The molecule has 0 saturated carbocycles. The van der Waals surface area contributed by atoms with Gasteiger partial charge < -0.3 is 14.7 Å². The predicted molar refractivity (Wildman–Crippen MR) is 242 cm³/mol. The van der Waals surface area contributed by atoms with E-state index < -0.39 is 0 Å². The first-order valence-corrected chi connectivity index (χ1v) is 21.9. The van der Waals surface area contributed by atoms with E-state index in [0.717, 1.165) is 19.3 Å². The molecule has 4 nitrogen and oxygen atoms in total. The number of anilines is 3. The van der Waals surface area contributed by atoms with E-state index in [9.17, 15) is 0 Å². The van der Waals surface area contributed by atoms with Gasteiger partial charge in [0.05, 0.1) is 18.1 Å². The lowest BCUT2D eigenvalue weighted by atomic mass is 9.86. The standard InChI is InChI=1S/C54H54N4/c1-36-17-6-7-22-43(36)54-55-48(35-53(56(54)2)39-21-16-20-38(31-39)37-18-4-3-5-19-37)40-32-41(57-49-27-12-8-23-44(49)45-24-9-13-28-50(45)57)34-42(33-40)58-51-29-14-10-25-46(51)47-26-11-15-30-52(47)58/h4,6-14,16,18,20-29,31-37,44,46,48-49,51,54-55H,3,5,15,17,19,30H2,1-2H3. The molecule has 4 heteroatoms. The lowest BCUT2D eigenvalue weighted by Crippen LogP contribution is -2.49. The van der Waals surface area contributed by atoms with Crippen molar-refractivity contribution in [3.8, 4) is 0 Å². The third-order valence-electron chi connectivity index (χ3n) is 14.1. The second-order valence-electron chi connectivity index (χ2n) is 17.5. The van der Waals surface area contributed by atoms with Crippen LogP contribution in [0.25, 0.3) is 5.70 Å². The van der Waals surface area contributed by atoms with Gasteiger partial charge in [-0.1, -0.05) is 134 Å². The summed E-state index contributed by atoms with van der Waals surface area (Å²) in [5.74, 6) is 1.62. The molecule has 0 fully saturated rings. The molecule has 0 bridgehead atoms. The van der Waals surface area contributed by atoms with E-state index in [1.54, 1.807) is 0 Å². The van der Waals surface area contributed by atoms with E-state index in [0.29, 0.717) is 23.7 Å². The Bertz CT molecular complexity index is 2450. The average Bonchev–Trinajstić information content (AvgIpc) is 3.80. The van der Waals surface area contributed by atoms with Crippen LogP contribution >= 0.6 is 0 Å². The largest absolute Gasteiger partial charge is 0.355 e. The molecule has 0 saturated heterocycles. The van der Waals surface area contributed by atoms with Crippen LogP contribution in [0.1, 0.15) is 85.6 Å². The zero-order valence-electron chi connectivity index (χ0n) is 33.8. The second kappa shape index (κ2) is 14.7. The third-order valence-corrected chi connectivity index (χ3v) is 14.1. The first kappa shape index (κ1) is 35.6. The maximum atomic E-state index is 4.25. The van der Waals surface area contributed by atoms with Crippen LogP contribution in [0.5, 0.6) is 0 Å². The molecule has 11 rings (SSSR count). The third kappa shape index (κ3) is 5.99. The van der Waals surface area contributed by atoms with Gasteiger partial charge >= 0.3 is 0 Å². The number of nitrogens with zero attached hydrogens (tertiary/aromatic N) is 3. The number of likely N-dealkylation sites (N-methyl/N-ethyl adjacent to an activating group) is 1.